The maximum absolute atomic E-state index is 14.0. The van der Waals surface area contributed by atoms with Gasteiger partial charge in [0.2, 0.25) is 5.91 Å². The predicted molar refractivity (Wildman–Crippen MR) is 135 cm³/mol. The molecule has 9 heteroatoms. The predicted octanol–water partition coefficient (Wildman–Crippen LogP) is 4.87. The van der Waals surface area contributed by atoms with Gasteiger partial charge in [-0.05, 0) is 114 Å². The molecule has 1 aliphatic heterocycles. The van der Waals surface area contributed by atoms with Crippen LogP contribution < -0.4 is 10.2 Å². The highest BCUT2D eigenvalue weighted by Gasteiger charge is 2.48. The van der Waals surface area contributed by atoms with Gasteiger partial charge in [0.1, 0.15) is 17.3 Å². The molecule has 2 aromatic carbocycles. The smallest absolute Gasteiger partial charge is 0.245 e. The van der Waals surface area contributed by atoms with Gasteiger partial charge >= 0.3 is 0 Å². The van der Waals surface area contributed by atoms with Crippen LogP contribution in [-0.2, 0) is 19.5 Å². The van der Waals surface area contributed by atoms with Gasteiger partial charge in [-0.3, -0.25) is 9.63 Å². The second kappa shape index (κ2) is 10.5. The number of benzene rings is 2. The number of likely N-dealkylation sites (tertiary alicyclic amines) is 1. The van der Waals surface area contributed by atoms with E-state index in [2.05, 4.69) is 10.4 Å². The average Bonchev–Trinajstić information content (AvgIpc) is 3.64. The fourth-order valence-corrected chi connectivity index (χ4v) is 6.50. The minimum Gasteiger partial charge on any atom is -0.457 e. The number of rotatable bonds is 9. The van der Waals surface area contributed by atoms with E-state index in [0.29, 0.717) is 43.3 Å². The molecule has 2 fully saturated rings. The van der Waals surface area contributed by atoms with Crippen LogP contribution in [0.4, 0.5) is 4.39 Å². The van der Waals surface area contributed by atoms with Crippen molar-refractivity contribution >= 4 is 15.7 Å². The van der Waals surface area contributed by atoms with E-state index in [9.17, 15) is 17.6 Å². The lowest BCUT2D eigenvalue weighted by Crippen LogP contribution is -2.52. The zero-order valence-corrected chi connectivity index (χ0v) is 21.9. The number of carbonyl (C=O) groups is 1. The number of carbonyl (C=O) groups excluding carboxylic acids is 1. The SMILES string of the molecule is CC(C)(C)ONC(=O)CC1(S(=O)(=O)c2ccc(Oc3ccc(F)cc3)cc2)CCN(CC2CC2)CC1. The van der Waals surface area contributed by atoms with Crippen molar-refractivity contribution in [2.75, 3.05) is 19.6 Å². The summed E-state index contributed by atoms with van der Waals surface area (Å²) in [6.07, 6.45) is 3.05. The molecule has 0 radical (unpaired) electrons. The maximum Gasteiger partial charge on any atom is 0.245 e. The lowest BCUT2D eigenvalue weighted by atomic mass is 9.92. The lowest BCUT2D eigenvalue weighted by Gasteiger charge is -2.41. The second-order valence-electron chi connectivity index (χ2n) is 10.9. The van der Waals surface area contributed by atoms with E-state index in [-0.39, 0.29) is 17.1 Å². The third-order valence-corrected chi connectivity index (χ3v) is 9.27. The summed E-state index contributed by atoms with van der Waals surface area (Å²) in [6, 6.07) is 11.8. The van der Waals surface area contributed by atoms with Gasteiger partial charge < -0.3 is 9.64 Å². The summed E-state index contributed by atoms with van der Waals surface area (Å²) in [7, 11) is -3.85. The van der Waals surface area contributed by atoms with E-state index in [0.717, 1.165) is 6.54 Å². The molecule has 0 spiro atoms. The van der Waals surface area contributed by atoms with Crippen LogP contribution in [0.1, 0.15) is 52.9 Å². The van der Waals surface area contributed by atoms with Gasteiger partial charge in [-0.25, -0.2) is 18.3 Å². The van der Waals surface area contributed by atoms with Crippen molar-refractivity contribution in [1.29, 1.82) is 0 Å². The largest absolute Gasteiger partial charge is 0.457 e. The second-order valence-corrected chi connectivity index (χ2v) is 13.2. The summed E-state index contributed by atoms with van der Waals surface area (Å²) in [5.74, 6) is 0.785. The number of amides is 1. The van der Waals surface area contributed by atoms with Crippen LogP contribution in [0.15, 0.2) is 53.4 Å². The van der Waals surface area contributed by atoms with Crippen LogP contribution in [0, 0.1) is 11.7 Å². The first kappa shape index (κ1) is 26.6. The van der Waals surface area contributed by atoms with Gasteiger partial charge in [0.05, 0.1) is 15.2 Å². The fraction of sp³-hybridized carbons (Fsp3) is 0.519. The van der Waals surface area contributed by atoms with Crippen LogP contribution in [0.25, 0.3) is 0 Å². The molecule has 0 bridgehead atoms. The number of hydroxylamine groups is 1. The van der Waals surface area contributed by atoms with Gasteiger partial charge in [0.25, 0.3) is 0 Å². The molecule has 1 amide bonds. The van der Waals surface area contributed by atoms with Gasteiger partial charge in [-0.1, -0.05) is 0 Å². The van der Waals surface area contributed by atoms with Crippen molar-refractivity contribution in [3.05, 3.63) is 54.3 Å². The summed E-state index contributed by atoms with van der Waals surface area (Å²) >= 11 is 0. The van der Waals surface area contributed by atoms with E-state index in [4.69, 9.17) is 9.57 Å². The van der Waals surface area contributed by atoms with Gasteiger partial charge in [0, 0.05) is 13.0 Å². The van der Waals surface area contributed by atoms with Crippen molar-refractivity contribution < 1.29 is 27.2 Å². The number of hydrogen-bond donors (Lipinski definition) is 1. The Morgan fingerprint density at radius 2 is 1.58 bits per heavy atom. The van der Waals surface area contributed by atoms with E-state index in [1.807, 2.05) is 20.8 Å². The summed E-state index contributed by atoms with van der Waals surface area (Å²) in [5, 5.41) is 0. The summed E-state index contributed by atoms with van der Waals surface area (Å²) in [4.78, 5) is 20.7. The fourth-order valence-electron chi connectivity index (χ4n) is 4.46. The number of sulfone groups is 1. The Kier molecular flexibility index (Phi) is 7.73. The third-order valence-electron chi connectivity index (χ3n) is 6.69. The molecule has 1 N–H and O–H groups in total. The monoisotopic (exact) mass is 518 g/mol. The van der Waals surface area contributed by atoms with Gasteiger partial charge in [0.15, 0.2) is 9.84 Å². The van der Waals surface area contributed by atoms with Gasteiger partial charge in [-0.2, -0.15) is 0 Å². The topological polar surface area (TPSA) is 84.9 Å². The van der Waals surface area contributed by atoms with E-state index in [1.165, 1.54) is 49.2 Å². The van der Waals surface area contributed by atoms with Crippen LogP contribution in [0.3, 0.4) is 0 Å². The number of halogens is 1. The summed E-state index contributed by atoms with van der Waals surface area (Å²) < 4.78 is 45.6. The number of hydrogen-bond acceptors (Lipinski definition) is 6. The van der Waals surface area contributed by atoms with Crippen molar-refractivity contribution in [3.63, 3.8) is 0 Å². The quantitative estimate of drug-likeness (QED) is 0.477. The van der Waals surface area contributed by atoms with Crippen molar-refractivity contribution in [1.82, 2.24) is 10.4 Å². The molecule has 36 heavy (non-hydrogen) atoms. The van der Waals surface area contributed by atoms with Crippen LogP contribution in [-0.4, -0.2) is 49.2 Å². The number of piperidine rings is 1. The zero-order chi connectivity index (χ0) is 26.0. The highest BCUT2D eigenvalue weighted by atomic mass is 32.2. The third kappa shape index (κ3) is 6.63. The van der Waals surface area contributed by atoms with Crippen LogP contribution in [0.2, 0.25) is 0 Å². The molecule has 0 atom stereocenters. The molecular formula is C27H35FN2O5S. The average molecular weight is 519 g/mol. The molecule has 196 valence electrons. The highest BCUT2D eigenvalue weighted by molar-refractivity contribution is 7.92. The molecule has 7 nitrogen and oxygen atoms in total. The van der Waals surface area contributed by atoms with Crippen LogP contribution in [0.5, 0.6) is 11.5 Å². The van der Waals surface area contributed by atoms with Crippen LogP contribution >= 0.6 is 0 Å². The molecule has 1 saturated carbocycles. The normalized spacial score (nSPS) is 18.6. The Hall–Kier alpha value is -2.49. The number of nitrogens with one attached hydrogen (secondary N) is 1. The maximum atomic E-state index is 14.0. The minimum absolute atomic E-state index is 0.147. The Morgan fingerprint density at radius 1 is 1.03 bits per heavy atom. The standard InChI is InChI=1S/C27H35FN2O5S/c1-26(2,3)35-29-25(31)18-27(14-16-30(17-15-27)19-20-4-5-20)36(32,33)24-12-10-23(11-13-24)34-22-8-6-21(28)7-9-22/h6-13,20H,4-5,14-19H2,1-3H3,(H,29,31). The molecule has 1 heterocycles. The first-order valence-electron chi connectivity index (χ1n) is 12.4. The Balaban J connectivity index is 1.52. The summed E-state index contributed by atoms with van der Waals surface area (Å²) in [5.41, 5.74) is 1.86. The molecule has 2 aromatic rings. The van der Waals surface area contributed by atoms with Gasteiger partial charge in [-0.15, -0.1) is 0 Å². The Labute approximate surface area is 212 Å². The molecule has 1 aliphatic carbocycles. The molecule has 0 unspecified atom stereocenters. The highest BCUT2D eigenvalue weighted by Crippen LogP contribution is 2.40. The van der Waals surface area contributed by atoms with Crippen molar-refractivity contribution in [3.8, 4) is 11.5 Å². The minimum atomic E-state index is -3.85. The Bertz CT molecular complexity index is 1150. The molecule has 1 saturated heterocycles. The number of ether oxygens (including phenoxy) is 1. The van der Waals surface area contributed by atoms with E-state index in [1.54, 1.807) is 12.1 Å². The zero-order valence-electron chi connectivity index (χ0n) is 21.1. The van der Waals surface area contributed by atoms with Crippen molar-refractivity contribution in [2.24, 2.45) is 5.92 Å². The number of nitrogens with zero attached hydrogens (tertiary/aromatic N) is 1. The molecule has 4 rings (SSSR count). The molecule has 0 aromatic heterocycles. The van der Waals surface area contributed by atoms with Crippen molar-refractivity contribution in [2.45, 2.75) is 68.1 Å². The lowest BCUT2D eigenvalue weighted by molar-refractivity contribution is -0.146. The summed E-state index contributed by atoms with van der Waals surface area (Å²) in [6.45, 7) is 7.69. The molecule has 2 aliphatic rings. The first-order chi connectivity index (χ1) is 17.0. The Morgan fingerprint density at radius 3 is 2.11 bits per heavy atom. The first-order valence-corrected chi connectivity index (χ1v) is 13.9. The van der Waals surface area contributed by atoms with E-state index >= 15 is 0 Å². The molecular weight excluding hydrogens is 483 g/mol. The van der Waals surface area contributed by atoms with E-state index < -0.39 is 26.1 Å².